The van der Waals surface area contributed by atoms with E-state index in [2.05, 4.69) is 26.3 Å². The van der Waals surface area contributed by atoms with Crippen molar-refractivity contribution in [1.29, 1.82) is 0 Å². The van der Waals surface area contributed by atoms with Crippen molar-refractivity contribution in [3.05, 3.63) is 77.5 Å². The van der Waals surface area contributed by atoms with Gasteiger partial charge >= 0.3 is 0 Å². The molecular weight excluding hydrogens is 431 g/mol. The molecule has 1 aliphatic heterocycles. The van der Waals surface area contributed by atoms with Crippen molar-refractivity contribution in [3.63, 3.8) is 0 Å². The van der Waals surface area contributed by atoms with Crippen LogP contribution in [0, 0.1) is 5.82 Å². The number of halogens is 1. The van der Waals surface area contributed by atoms with Gasteiger partial charge in [-0.3, -0.25) is 14.7 Å². The molecule has 34 heavy (non-hydrogen) atoms. The molecule has 7 heteroatoms. The molecule has 0 saturated heterocycles. The molecule has 3 aromatic rings. The molecule has 0 spiro atoms. The minimum absolute atomic E-state index is 0.187. The predicted octanol–water partition coefficient (Wildman–Crippen LogP) is 4.09. The second kappa shape index (κ2) is 9.99. The van der Waals surface area contributed by atoms with Gasteiger partial charge in [-0.05, 0) is 54.7 Å². The highest BCUT2D eigenvalue weighted by molar-refractivity contribution is 5.96. The van der Waals surface area contributed by atoms with Crippen molar-refractivity contribution >= 4 is 22.4 Å². The van der Waals surface area contributed by atoms with Gasteiger partial charge < -0.3 is 10.4 Å². The Kier molecular flexibility index (Phi) is 6.65. The van der Waals surface area contributed by atoms with E-state index in [0.29, 0.717) is 18.4 Å². The zero-order valence-corrected chi connectivity index (χ0v) is 19.1. The van der Waals surface area contributed by atoms with Crippen LogP contribution in [0.1, 0.15) is 53.8 Å². The van der Waals surface area contributed by atoms with Crippen molar-refractivity contribution in [2.24, 2.45) is 0 Å². The second-order valence-electron chi connectivity index (χ2n) is 9.16. The number of hydrogen-bond acceptors (Lipinski definition) is 5. The first-order valence-electron chi connectivity index (χ1n) is 12.0. The summed E-state index contributed by atoms with van der Waals surface area (Å²) >= 11 is 0. The molecular formula is C27H29FN4O2. The van der Waals surface area contributed by atoms with Crippen LogP contribution < -0.4 is 5.32 Å². The maximum Gasteiger partial charge on any atom is 0.270 e. The molecule has 0 unspecified atom stereocenters. The van der Waals surface area contributed by atoms with E-state index in [9.17, 15) is 14.3 Å². The van der Waals surface area contributed by atoms with Gasteiger partial charge in [-0.1, -0.05) is 37.1 Å². The summed E-state index contributed by atoms with van der Waals surface area (Å²) in [5, 5.41) is 13.9. The molecule has 0 bridgehead atoms. The third-order valence-corrected chi connectivity index (χ3v) is 6.84. The molecule has 1 amide bonds. The number of carbonyl (C=O) groups is 1. The molecule has 1 aromatic carbocycles. The normalized spacial score (nSPS) is 21.3. The van der Waals surface area contributed by atoms with E-state index in [-0.39, 0.29) is 23.2 Å². The fourth-order valence-electron chi connectivity index (χ4n) is 4.93. The highest BCUT2D eigenvalue weighted by atomic mass is 19.1. The fourth-order valence-corrected chi connectivity index (χ4v) is 4.93. The van der Waals surface area contributed by atoms with Crippen molar-refractivity contribution < 1.29 is 14.3 Å². The summed E-state index contributed by atoms with van der Waals surface area (Å²) < 4.78 is 14.7. The summed E-state index contributed by atoms with van der Waals surface area (Å²) in [7, 11) is 0. The zero-order valence-electron chi connectivity index (χ0n) is 19.1. The standard InChI is InChI=1S/C27H29FN4O2/c28-21-7-5-6-20-19(17-32-14-11-18(12-15-32)22-8-3-4-13-29-22)16-24(30-26(20)21)27(34)31-23-9-1-2-10-25(23)33/h3-8,11,13,16,23,25,33H,1-2,9-10,12,14-15,17H2,(H,31,34)/t23-,25-/m0/s1. The molecule has 5 rings (SSSR count). The Morgan fingerprint density at radius 2 is 2.06 bits per heavy atom. The highest BCUT2D eigenvalue weighted by Gasteiger charge is 2.26. The Morgan fingerprint density at radius 1 is 1.18 bits per heavy atom. The number of nitrogens with one attached hydrogen (secondary N) is 1. The summed E-state index contributed by atoms with van der Waals surface area (Å²) in [6.45, 7) is 2.18. The van der Waals surface area contributed by atoms with Crippen LogP contribution in [0.25, 0.3) is 16.5 Å². The molecule has 2 aliphatic rings. The number of rotatable bonds is 5. The first-order chi connectivity index (χ1) is 16.6. The van der Waals surface area contributed by atoms with Gasteiger partial charge in [-0.2, -0.15) is 0 Å². The molecule has 6 nitrogen and oxygen atoms in total. The first-order valence-corrected chi connectivity index (χ1v) is 12.0. The van der Waals surface area contributed by atoms with Gasteiger partial charge in [0.1, 0.15) is 17.0 Å². The maximum atomic E-state index is 14.7. The average Bonchev–Trinajstić information content (AvgIpc) is 2.87. The van der Waals surface area contributed by atoms with E-state index < -0.39 is 11.9 Å². The minimum atomic E-state index is -0.553. The second-order valence-corrected chi connectivity index (χ2v) is 9.16. The van der Waals surface area contributed by atoms with Gasteiger partial charge in [0.15, 0.2) is 0 Å². The lowest BCUT2D eigenvalue weighted by Gasteiger charge is -2.28. The molecule has 1 saturated carbocycles. The molecule has 1 aliphatic carbocycles. The number of hydrogen-bond donors (Lipinski definition) is 2. The number of fused-ring (bicyclic) bond motifs is 1. The molecule has 2 N–H and O–H groups in total. The summed E-state index contributed by atoms with van der Waals surface area (Å²) in [5.41, 5.74) is 3.49. The molecule has 176 valence electrons. The predicted molar refractivity (Wildman–Crippen MR) is 130 cm³/mol. The summed E-state index contributed by atoms with van der Waals surface area (Å²) in [5.74, 6) is -0.810. The lowest BCUT2D eigenvalue weighted by atomic mass is 9.92. The summed E-state index contributed by atoms with van der Waals surface area (Å²) in [6.07, 6.45) is 7.66. The van der Waals surface area contributed by atoms with Crippen molar-refractivity contribution in [2.75, 3.05) is 13.1 Å². The minimum Gasteiger partial charge on any atom is -0.391 e. The number of amides is 1. The summed E-state index contributed by atoms with van der Waals surface area (Å²) in [4.78, 5) is 24.1. The van der Waals surface area contributed by atoms with Crippen LogP contribution in [-0.2, 0) is 6.54 Å². The molecule has 3 heterocycles. The lowest BCUT2D eigenvalue weighted by Crippen LogP contribution is -2.45. The molecule has 0 radical (unpaired) electrons. The van der Waals surface area contributed by atoms with E-state index in [1.807, 2.05) is 24.3 Å². The first kappa shape index (κ1) is 22.6. The number of benzene rings is 1. The van der Waals surface area contributed by atoms with Gasteiger partial charge in [0.2, 0.25) is 0 Å². The third kappa shape index (κ3) is 4.86. The van der Waals surface area contributed by atoms with Gasteiger partial charge in [0.05, 0.1) is 17.8 Å². The number of para-hydroxylation sites is 1. The van der Waals surface area contributed by atoms with E-state index in [4.69, 9.17) is 0 Å². The highest BCUT2D eigenvalue weighted by Crippen LogP contribution is 2.26. The number of aromatic nitrogens is 2. The Hall–Kier alpha value is -3.16. The lowest BCUT2D eigenvalue weighted by molar-refractivity contribution is 0.0714. The smallest absolute Gasteiger partial charge is 0.270 e. The number of nitrogens with zero attached hydrogens (tertiary/aromatic N) is 3. The Bertz CT molecular complexity index is 1210. The van der Waals surface area contributed by atoms with Crippen LogP contribution in [0.3, 0.4) is 0 Å². The monoisotopic (exact) mass is 460 g/mol. The number of aliphatic hydroxyl groups is 1. The average molecular weight is 461 g/mol. The number of aliphatic hydroxyl groups excluding tert-OH is 1. The van der Waals surface area contributed by atoms with E-state index in [1.165, 1.54) is 11.6 Å². The van der Waals surface area contributed by atoms with Crippen molar-refractivity contribution in [3.8, 4) is 0 Å². The SMILES string of the molecule is O=C(N[C@H]1CCCC[C@@H]1O)c1cc(CN2CC=C(c3ccccn3)CC2)c2cccc(F)c2n1. The van der Waals surface area contributed by atoms with Crippen LogP contribution in [0.4, 0.5) is 4.39 Å². The Balaban J connectivity index is 1.39. The zero-order chi connectivity index (χ0) is 23.5. The van der Waals surface area contributed by atoms with E-state index in [1.54, 1.807) is 18.3 Å². The number of carbonyl (C=O) groups excluding carboxylic acids is 1. The Morgan fingerprint density at radius 3 is 2.82 bits per heavy atom. The van der Waals surface area contributed by atoms with Gasteiger partial charge in [-0.25, -0.2) is 9.37 Å². The molecule has 1 fully saturated rings. The van der Waals surface area contributed by atoms with Gasteiger partial charge in [-0.15, -0.1) is 0 Å². The molecule has 2 atom stereocenters. The van der Waals surface area contributed by atoms with E-state index >= 15 is 0 Å². The van der Waals surface area contributed by atoms with Crippen LogP contribution in [0.2, 0.25) is 0 Å². The quantitative estimate of drug-likeness (QED) is 0.600. The van der Waals surface area contributed by atoms with Gasteiger partial charge in [0, 0.05) is 31.2 Å². The maximum absolute atomic E-state index is 14.7. The van der Waals surface area contributed by atoms with Crippen LogP contribution in [0.5, 0.6) is 0 Å². The van der Waals surface area contributed by atoms with Crippen LogP contribution in [-0.4, -0.2) is 51.1 Å². The van der Waals surface area contributed by atoms with Crippen molar-refractivity contribution in [2.45, 2.75) is 50.8 Å². The van der Waals surface area contributed by atoms with Crippen LogP contribution >= 0.6 is 0 Å². The van der Waals surface area contributed by atoms with Crippen LogP contribution in [0.15, 0.2) is 54.7 Å². The number of pyridine rings is 2. The van der Waals surface area contributed by atoms with E-state index in [0.717, 1.165) is 50.0 Å². The van der Waals surface area contributed by atoms with Gasteiger partial charge in [0.25, 0.3) is 5.91 Å². The fraction of sp³-hybridized carbons (Fsp3) is 0.370. The van der Waals surface area contributed by atoms with Crippen molar-refractivity contribution in [1.82, 2.24) is 20.2 Å². The molecule has 2 aromatic heterocycles. The Labute approximate surface area is 198 Å². The topological polar surface area (TPSA) is 78.4 Å². The third-order valence-electron chi connectivity index (χ3n) is 6.84. The largest absolute Gasteiger partial charge is 0.391 e. The summed E-state index contributed by atoms with van der Waals surface area (Å²) in [6, 6.07) is 12.3.